The minimum Gasteiger partial charge on any atom is -0.478 e. The van der Waals surface area contributed by atoms with Crippen molar-refractivity contribution in [1.29, 1.82) is 0 Å². The molecule has 4 heteroatoms. The molecule has 94 valence electrons. The molecule has 0 aliphatic rings. The first-order chi connectivity index (χ1) is 8.00. The Balaban J connectivity index is 2.52. The van der Waals surface area contributed by atoms with E-state index in [1.54, 1.807) is 6.07 Å². The molecule has 1 aromatic carbocycles. The van der Waals surface area contributed by atoms with Crippen molar-refractivity contribution in [2.75, 3.05) is 6.61 Å². The molecule has 0 unspecified atom stereocenters. The summed E-state index contributed by atoms with van der Waals surface area (Å²) in [6, 6.07) is 4.68. The normalized spacial score (nSPS) is 10.8. The number of ether oxygens (including phenoxy) is 1. The second-order valence-corrected chi connectivity index (χ2v) is 4.75. The molecule has 0 amide bonds. The smallest absolute Gasteiger partial charge is 0.335 e. The standard InChI is InChI=1S/C13H17ClO3/c1-9(2)5-6-17-8-11-4-3-10(13(15)16)7-12(11)14/h3-4,7,9H,5-6,8H2,1-2H3,(H,15,16). The first-order valence-corrected chi connectivity index (χ1v) is 5.98. The molecule has 3 nitrogen and oxygen atoms in total. The summed E-state index contributed by atoms with van der Waals surface area (Å²) in [6.07, 6.45) is 1.00. The van der Waals surface area contributed by atoms with Crippen molar-refractivity contribution in [2.24, 2.45) is 5.92 Å². The molecular formula is C13H17ClO3. The fourth-order valence-electron chi connectivity index (χ4n) is 1.30. The van der Waals surface area contributed by atoms with Gasteiger partial charge < -0.3 is 9.84 Å². The molecule has 0 radical (unpaired) electrons. The molecule has 0 heterocycles. The lowest BCUT2D eigenvalue weighted by molar-refractivity contribution is 0.0696. The Bertz CT molecular complexity index is 388. The van der Waals surface area contributed by atoms with Gasteiger partial charge in [-0.25, -0.2) is 4.79 Å². The molecule has 0 saturated heterocycles. The van der Waals surface area contributed by atoms with Crippen LogP contribution < -0.4 is 0 Å². The summed E-state index contributed by atoms with van der Waals surface area (Å²) in [6.45, 7) is 5.39. The number of carbonyl (C=O) groups is 1. The van der Waals surface area contributed by atoms with Crippen molar-refractivity contribution < 1.29 is 14.6 Å². The van der Waals surface area contributed by atoms with Gasteiger partial charge >= 0.3 is 5.97 Å². The molecule has 0 spiro atoms. The largest absolute Gasteiger partial charge is 0.478 e. The van der Waals surface area contributed by atoms with E-state index in [9.17, 15) is 4.79 Å². The topological polar surface area (TPSA) is 46.5 Å². The lowest BCUT2D eigenvalue weighted by atomic mass is 10.1. The zero-order chi connectivity index (χ0) is 12.8. The highest BCUT2D eigenvalue weighted by Gasteiger charge is 2.07. The van der Waals surface area contributed by atoms with Crippen LogP contribution in [0.4, 0.5) is 0 Å². The summed E-state index contributed by atoms with van der Waals surface area (Å²) in [5.74, 6) is -0.362. The second kappa shape index (κ2) is 6.62. The predicted molar refractivity (Wildman–Crippen MR) is 67.5 cm³/mol. The summed E-state index contributed by atoms with van der Waals surface area (Å²) >= 11 is 5.97. The van der Waals surface area contributed by atoms with E-state index >= 15 is 0 Å². The monoisotopic (exact) mass is 256 g/mol. The van der Waals surface area contributed by atoms with E-state index < -0.39 is 5.97 Å². The SMILES string of the molecule is CC(C)CCOCc1ccc(C(=O)O)cc1Cl. The minimum atomic E-state index is -0.973. The zero-order valence-electron chi connectivity index (χ0n) is 10.1. The zero-order valence-corrected chi connectivity index (χ0v) is 10.8. The molecular weight excluding hydrogens is 240 g/mol. The van der Waals surface area contributed by atoms with Gasteiger partial charge in [0.1, 0.15) is 0 Å². The highest BCUT2D eigenvalue weighted by Crippen LogP contribution is 2.19. The van der Waals surface area contributed by atoms with Gasteiger partial charge in [0.05, 0.1) is 12.2 Å². The number of rotatable bonds is 6. The molecule has 0 aromatic heterocycles. The quantitative estimate of drug-likeness (QED) is 0.791. The van der Waals surface area contributed by atoms with Gasteiger partial charge in [0, 0.05) is 11.6 Å². The van der Waals surface area contributed by atoms with Crippen LogP contribution in [-0.2, 0) is 11.3 Å². The van der Waals surface area contributed by atoms with Crippen LogP contribution >= 0.6 is 11.6 Å². The number of carboxylic acids is 1. The molecule has 0 fully saturated rings. The Morgan fingerprint density at radius 1 is 1.47 bits per heavy atom. The Labute approximate surface area is 106 Å². The molecule has 0 aliphatic carbocycles. The third kappa shape index (κ3) is 4.75. The van der Waals surface area contributed by atoms with Crippen LogP contribution in [0.5, 0.6) is 0 Å². The second-order valence-electron chi connectivity index (χ2n) is 4.35. The average molecular weight is 257 g/mol. The van der Waals surface area contributed by atoms with Crippen LogP contribution in [0.25, 0.3) is 0 Å². The Morgan fingerprint density at radius 2 is 2.18 bits per heavy atom. The van der Waals surface area contributed by atoms with Crippen molar-refractivity contribution in [3.05, 3.63) is 34.3 Å². The summed E-state index contributed by atoms with van der Waals surface area (Å²) in [7, 11) is 0. The maximum Gasteiger partial charge on any atom is 0.335 e. The highest BCUT2D eigenvalue weighted by molar-refractivity contribution is 6.31. The average Bonchev–Trinajstić information content (AvgIpc) is 2.25. The number of hydrogen-bond acceptors (Lipinski definition) is 2. The Hall–Kier alpha value is -1.06. The first-order valence-electron chi connectivity index (χ1n) is 5.60. The van der Waals surface area contributed by atoms with Gasteiger partial charge in [0.25, 0.3) is 0 Å². The van der Waals surface area contributed by atoms with Gasteiger partial charge in [-0.1, -0.05) is 31.5 Å². The minimum absolute atomic E-state index is 0.195. The molecule has 1 aromatic rings. The van der Waals surface area contributed by atoms with Crippen LogP contribution in [0.15, 0.2) is 18.2 Å². The number of aromatic carboxylic acids is 1. The van der Waals surface area contributed by atoms with Crippen LogP contribution in [0, 0.1) is 5.92 Å². The van der Waals surface area contributed by atoms with E-state index in [0.717, 1.165) is 12.0 Å². The van der Waals surface area contributed by atoms with Crippen molar-refractivity contribution in [3.8, 4) is 0 Å². The van der Waals surface area contributed by atoms with Gasteiger partial charge in [-0.05, 0) is 30.0 Å². The van der Waals surface area contributed by atoms with Gasteiger partial charge in [0.15, 0.2) is 0 Å². The number of benzene rings is 1. The van der Waals surface area contributed by atoms with Crippen molar-refractivity contribution in [1.82, 2.24) is 0 Å². The summed E-state index contributed by atoms with van der Waals surface area (Å²) in [5, 5.41) is 9.22. The van der Waals surface area contributed by atoms with Crippen molar-refractivity contribution >= 4 is 17.6 Å². The van der Waals surface area contributed by atoms with E-state index in [1.807, 2.05) is 0 Å². The van der Waals surface area contributed by atoms with Crippen LogP contribution in [-0.4, -0.2) is 17.7 Å². The van der Waals surface area contributed by atoms with Gasteiger partial charge in [0.2, 0.25) is 0 Å². The lowest BCUT2D eigenvalue weighted by Crippen LogP contribution is -2.01. The number of halogens is 1. The van der Waals surface area contributed by atoms with E-state index in [2.05, 4.69) is 13.8 Å². The molecule has 0 aliphatic heterocycles. The molecule has 0 saturated carbocycles. The molecule has 0 atom stereocenters. The van der Waals surface area contributed by atoms with Crippen molar-refractivity contribution in [2.45, 2.75) is 26.9 Å². The maximum atomic E-state index is 10.7. The molecule has 17 heavy (non-hydrogen) atoms. The highest BCUT2D eigenvalue weighted by atomic mass is 35.5. The number of carboxylic acid groups (broad SMARTS) is 1. The number of hydrogen-bond donors (Lipinski definition) is 1. The van der Waals surface area contributed by atoms with E-state index in [4.69, 9.17) is 21.4 Å². The molecule has 0 bridgehead atoms. The van der Waals surface area contributed by atoms with Gasteiger partial charge in [-0.15, -0.1) is 0 Å². The van der Waals surface area contributed by atoms with Gasteiger partial charge in [-0.2, -0.15) is 0 Å². The predicted octanol–water partition coefficient (Wildman–Crippen LogP) is 3.60. The summed E-state index contributed by atoms with van der Waals surface area (Å²) < 4.78 is 5.48. The molecule has 1 rings (SSSR count). The Morgan fingerprint density at radius 3 is 2.71 bits per heavy atom. The first kappa shape index (κ1) is 14.0. The summed E-state index contributed by atoms with van der Waals surface area (Å²) in [4.78, 5) is 10.7. The van der Waals surface area contributed by atoms with E-state index in [0.29, 0.717) is 24.2 Å². The maximum absolute atomic E-state index is 10.7. The van der Waals surface area contributed by atoms with Crippen molar-refractivity contribution in [3.63, 3.8) is 0 Å². The molecule has 1 N–H and O–H groups in total. The third-order valence-corrected chi connectivity index (χ3v) is 2.75. The van der Waals surface area contributed by atoms with Crippen LogP contribution in [0.1, 0.15) is 36.2 Å². The van der Waals surface area contributed by atoms with Crippen LogP contribution in [0.3, 0.4) is 0 Å². The lowest BCUT2D eigenvalue weighted by Gasteiger charge is -2.08. The van der Waals surface area contributed by atoms with E-state index in [-0.39, 0.29) is 5.56 Å². The fraction of sp³-hybridized carbons (Fsp3) is 0.462. The third-order valence-electron chi connectivity index (χ3n) is 2.40. The van der Waals surface area contributed by atoms with Crippen LogP contribution in [0.2, 0.25) is 5.02 Å². The van der Waals surface area contributed by atoms with Gasteiger partial charge in [-0.3, -0.25) is 0 Å². The summed E-state index contributed by atoms with van der Waals surface area (Å²) in [5.41, 5.74) is 1.02. The van der Waals surface area contributed by atoms with E-state index in [1.165, 1.54) is 12.1 Å². The fourth-order valence-corrected chi connectivity index (χ4v) is 1.53. The Kier molecular flexibility index (Phi) is 5.45.